The molecule has 0 aliphatic carbocycles. The molecule has 2 heterocycles. The van der Waals surface area contributed by atoms with Gasteiger partial charge in [0.1, 0.15) is 17.5 Å². The topological polar surface area (TPSA) is 71.5 Å². The first-order valence-electron chi connectivity index (χ1n) is 9.71. The number of carbonyl (C=O) groups is 2. The van der Waals surface area contributed by atoms with Crippen molar-refractivity contribution in [3.8, 4) is 0 Å². The molecule has 1 unspecified atom stereocenters. The third-order valence-corrected chi connectivity index (χ3v) is 5.04. The number of amides is 2. The van der Waals surface area contributed by atoms with Crippen LogP contribution in [-0.2, 0) is 11.3 Å². The van der Waals surface area contributed by atoms with E-state index >= 15 is 0 Å². The minimum Gasteiger partial charge on any atom is -0.449 e. The first kappa shape index (κ1) is 20.5. The third-order valence-electron chi connectivity index (χ3n) is 5.04. The normalized spacial score (nSPS) is 15.0. The van der Waals surface area contributed by atoms with E-state index in [0.717, 1.165) is 0 Å². The summed E-state index contributed by atoms with van der Waals surface area (Å²) in [7, 11) is 0. The van der Waals surface area contributed by atoms with E-state index < -0.39 is 23.9 Å². The Morgan fingerprint density at radius 2 is 1.87 bits per heavy atom. The maximum atomic E-state index is 14.4. The molecule has 0 spiro atoms. The van der Waals surface area contributed by atoms with Crippen LogP contribution >= 0.6 is 0 Å². The van der Waals surface area contributed by atoms with Crippen LogP contribution in [0.4, 0.5) is 19.4 Å². The molecule has 1 aliphatic rings. The van der Waals surface area contributed by atoms with Gasteiger partial charge in [-0.1, -0.05) is 30.3 Å². The monoisotopic (exact) mass is 423 g/mol. The van der Waals surface area contributed by atoms with Crippen molar-refractivity contribution in [2.75, 3.05) is 11.9 Å². The van der Waals surface area contributed by atoms with Crippen molar-refractivity contribution in [3.05, 3.63) is 95.2 Å². The molecule has 0 saturated heterocycles. The third kappa shape index (κ3) is 4.53. The van der Waals surface area contributed by atoms with Gasteiger partial charge in [-0.2, -0.15) is 0 Å². The molecule has 158 valence electrons. The van der Waals surface area contributed by atoms with Gasteiger partial charge in [0.2, 0.25) is 0 Å². The molecule has 2 amide bonds. The van der Waals surface area contributed by atoms with Crippen molar-refractivity contribution < 1.29 is 23.1 Å². The lowest BCUT2D eigenvalue weighted by atomic mass is 10.0. The van der Waals surface area contributed by atoms with Gasteiger partial charge in [0, 0.05) is 19.2 Å². The fourth-order valence-corrected chi connectivity index (χ4v) is 3.62. The second kappa shape index (κ2) is 8.91. The molecule has 1 N–H and O–H groups in total. The fourth-order valence-electron chi connectivity index (χ4n) is 3.62. The highest BCUT2D eigenvalue weighted by Crippen LogP contribution is 2.38. The highest BCUT2D eigenvalue weighted by molar-refractivity contribution is 5.99. The summed E-state index contributed by atoms with van der Waals surface area (Å²) in [4.78, 5) is 30.4. The van der Waals surface area contributed by atoms with Crippen LogP contribution in [0.25, 0.3) is 0 Å². The molecule has 1 aliphatic heterocycles. The molecule has 31 heavy (non-hydrogen) atoms. The summed E-state index contributed by atoms with van der Waals surface area (Å²) in [5.74, 6) is -1.06. The second-order valence-corrected chi connectivity index (χ2v) is 7.04. The summed E-state index contributed by atoms with van der Waals surface area (Å²) in [5, 5.41) is 2.51. The van der Waals surface area contributed by atoms with E-state index in [2.05, 4.69) is 10.3 Å². The maximum Gasteiger partial charge on any atom is 0.412 e. The van der Waals surface area contributed by atoms with Crippen LogP contribution in [-0.4, -0.2) is 28.5 Å². The molecule has 1 aromatic heterocycles. The zero-order chi connectivity index (χ0) is 21.8. The van der Waals surface area contributed by atoms with E-state index in [-0.39, 0.29) is 31.0 Å². The van der Waals surface area contributed by atoms with Gasteiger partial charge in [0.15, 0.2) is 0 Å². The number of fused-ring (bicyclic) bond motifs is 1. The largest absolute Gasteiger partial charge is 0.449 e. The Kier molecular flexibility index (Phi) is 5.88. The summed E-state index contributed by atoms with van der Waals surface area (Å²) in [6.07, 6.45) is 1.14. The Bertz CT molecular complexity index is 1090. The Balaban J connectivity index is 1.47. The zero-order valence-electron chi connectivity index (χ0n) is 16.4. The van der Waals surface area contributed by atoms with Crippen molar-refractivity contribution >= 4 is 17.8 Å². The summed E-state index contributed by atoms with van der Waals surface area (Å²) >= 11 is 0. The van der Waals surface area contributed by atoms with Crippen molar-refractivity contribution in [1.82, 2.24) is 9.88 Å². The van der Waals surface area contributed by atoms with Crippen LogP contribution in [0, 0.1) is 11.6 Å². The number of nitrogens with zero attached hydrogens (tertiary/aromatic N) is 2. The molecule has 0 saturated carbocycles. The van der Waals surface area contributed by atoms with Crippen LogP contribution in [0.2, 0.25) is 0 Å². The highest BCUT2D eigenvalue weighted by Gasteiger charge is 2.38. The van der Waals surface area contributed by atoms with E-state index in [1.54, 1.807) is 48.7 Å². The second-order valence-electron chi connectivity index (χ2n) is 7.04. The van der Waals surface area contributed by atoms with E-state index in [1.165, 1.54) is 23.1 Å². The van der Waals surface area contributed by atoms with Crippen LogP contribution in [0.1, 0.15) is 33.9 Å². The summed E-state index contributed by atoms with van der Waals surface area (Å²) in [5.41, 5.74) is 1.27. The number of aromatic nitrogens is 1. The lowest BCUT2D eigenvalue weighted by Crippen LogP contribution is -2.29. The van der Waals surface area contributed by atoms with Crippen LogP contribution in [0.3, 0.4) is 0 Å². The number of benzene rings is 2. The summed E-state index contributed by atoms with van der Waals surface area (Å²) in [6, 6.07) is 14.9. The Hall–Kier alpha value is -3.81. The molecule has 8 heteroatoms. The Morgan fingerprint density at radius 1 is 1.06 bits per heavy atom. The minimum atomic E-state index is -0.674. The first-order valence-corrected chi connectivity index (χ1v) is 9.71. The molecule has 2 aromatic carbocycles. The van der Waals surface area contributed by atoms with E-state index in [9.17, 15) is 18.4 Å². The van der Waals surface area contributed by atoms with Gasteiger partial charge in [0.25, 0.3) is 5.91 Å². The number of nitrogens with one attached hydrogen (secondary N) is 1. The maximum absolute atomic E-state index is 14.4. The van der Waals surface area contributed by atoms with Crippen LogP contribution in [0.5, 0.6) is 0 Å². The van der Waals surface area contributed by atoms with Gasteiger partial charge < -0.3 is 9.64 Å². The lowest BCUT2D eigenvalue weighted by Gasteiger charge is -2.25. The number of anilines is 1. The smallest absolute Gasteiger partial charge is 0.412 e. The minimum absolute atomic E-state index is 0.00643. The lowest BCUT2D eigenvalue weighted by molar-refractivity contribution is 0.0674. The van der Waals surface area contributed by atoms with Gasteiger partial charge in [-0.25, -0.2) is 18.6 Å². The number of rotatable bonds is 6. The number of halogens is 2. The van der Waals surface area contributed by atoms with Crippen molar-refractivity contribution in [3.63, 3.8) is 0 Å². The standard InChI is InChI=1S/C23H19F2N3O3/c24-16-9-7-15(8-10-16)14-28-19(17-4-3-5-18(25)21(17)22(28)29)11-13-31-23(30)27-20-6-1-2-12-26-20/h1-10,12,19H,11,13-14H2,(H,26,27,30). The Labute approximate surface area is 177 Å². The summed E-state index contributed by atoms with van der Waals surface area (Å²) < 4.78 is 32.8. The molecule has 6 nitrogen and oxygen atoms in total. The fraction of sp³-hybridized carbons (Fsp3) is 0.174. The number of pyridine rings is 1. The van der Waals surface area contributed by atoms with Crippen LogP contribution in [0.15, 0.2) is 66.9 Å². The van der Waals surface area contributed by atoms with Gasteiger partial charge in [0.05, 0.1) is 18.2 Å². The molecule has 3 aromatic rings. The quantitative estimate of drug-likeness (QED) is 0.624. The predicted molar refractivity (Wildman–Crippen MR) is 109 cm³/mol. The SMILES string of the molecule is O=C(Nc1ccccn1)OCCC1c2cccc(F)c2C(=O)N1Cc1ccc(F)cc1. The molecule has 0 fully saturated rings. The van der Waals surface area contributed by atoms with Gasteiger partial charge in [-0.3, -0.25) is 10.1 Å². The molecule has 0 radical (unpaired) electrons. The van der Waals surface area contributed by atoms with Crippen LogP contribution < -0.4 is 5.32 Å². The van der Waals surface area contributed by atoms with Gasteiger partial charge in [-0.05, 0) is 41.5 Å². The molecule has 0 bridgehead atoms. The molecule has 1 atom stereocenters. The average molecular weight is 423 g/mol. The van der Waals surface area contributed by atoms with Crippen molar-refractivity contribution in [2.45, 2.75) is 19.0 Å². The van der Waals surface area contributed by atoms with Gasteiger partial charge in [-0.15, -0.1) is 0 Å². The number of hydrogen-bond acceptors (Lipinski definition) is 4. The number of hydrogen-bond donors (Lipinski definition) is 1. The summed E-state index contributed by atoms with van der Waals surface area (Å²) in [6.45, 7) is 0.185. The zero-order valence-corrected chi connectivity index (χ0v) is 16.4. The average Bonchev–Trinajstić information content (AvgIpc) is 3.03. The molecule has 4 rings (SSSR count). The molecular weight excluding hydrogens is 404 g/mol. The predicted octanol–water partition coefficient (Wildman–Crippen LogP) is 4.70. The van der Waals surface area contributed by atoms with E-state index in [4.69, 9.17) is 4.74 Å². The van der Waals surface area contributed by atoms with E-state index in [0.29, 0.717) is 16.9 Å². The van der Waals surface area contributed by atoms with E-state index in [1.807, 2.05) is 0 Å². The molecular formula is C23H19F2N3O3. The Morgan fingerprint density at radius 3 is 2.61 bits per heavy atom. The first-order chi connectivity index (χ1) is 15.0. The van der Waals surface area contributed by atoms with Crippen molar-refractivity contribution in [1.29, 1.82) is 0 Å². The highest BCUT2D eigenvalue weighted by atomic mass is 19.1. The van der Waals surface area contributed by atoms with Gasteiger partial charge >= 0.3 is 6.09 Å². The van der Waals surface area contributed by atoms with Crippen molar-refractivity contribution in [2.24, 2.45) is 0 Å². The number of carbonyl (C=O) groups excluding carboxylic acids is 2. The number of ether oxygens (including phenoxy) is 1.